The van der Waals surface area contributed by atoms with Crippen LogP contribution in [0.25, 0.3) is 0 Å². The molecule has 1 aromatic carbocycles. The van der Waals surface area contributed by atoms with E-state index in [1.807, 2.05) is 0 Å². The fourth-order valence-electron chi connectivity index (χ4n) is 1.35. The second-order valence-corrected chi connectivity index (χ2v) is 3.40. The number of nitrogens with zero attached hydrogens (tertiary/aromatic N) is 1. The summed E-state index contributed by atoms with van der Waals surface area (Å²) >= 11 is 0. The van der Waals surface area contributed by atoms with Gasteiger partial charge in [-0.3, -0.25) is 0 Å². The molecule has 0 N–H and O–H groups in total. The van der Waals surface area contributed by atoms with Crippen molar-refractivity contribution < 1.29 is 18.7 Å². The summed E-state index contributed by atoms with van der Waals surface area (Å²) in [4.78, 5) is 15.4. The van der Waals surface area contributed by atoms with Crippen LogP contribution < -0.4 is 4.74 Å². The third-order valence-corrected chi connectivity index (χ3v) is 2.20. The number of halogens is 1. The van der Waals surface area contributed by atoms with Crippen LogP contribution in [-0.2, 0) is 4.74 Å². The largest absolute Gasteiger partial charge is 0.465 e. The van der Waals surface area contributed by atoms with Gasteiger partial charge in [-0.1, -0.05) is 0 Å². The molecule has 0 aliphatic rings. The van der Waals surface area contributed by atoms with Crippen molar-refractivity contribution in [3.8, 4) is 11.6 Å². The number of carbonyl (C=O) groups is 1. The van der Waals surface area contributed by atoms with Crippen LogP contribution in [0.15, 0.2) is 42.6 Å². The van der Waals surface area contributed by atoms with Crippen LogP contribution >= 0.6 is 0 Å². The molecule has 2 rings (SSSR count). The molecule has 18 heavy (non-hydrogen) atoms. The minimum atomic E-state index is -0.541. The van der Waals surface area contributed by atoms with Gasteiger partial charge in [0, 0.05) is 6.20 Å². The first-order valence-electron chi connectivity index (χ1n) is 5.17. The number of rotatable bonds is 3. The quantitative estimate of drug-likeness (QED) is 0.782. The molecule has 1 heterocycles. The Balaban J connectivity index is 2.28. The lowest BCUT2D eigenvalue weighted by Gasteiger charge is -2.08. The van der Waals surface area contributed by atoms with Crippen molar-refractivity contribution >= 4 is 5.97 Å². The first kappa shape index (κ1) is 12.0. The lowest BCUT2D eigenvalue weighted by molar-refractivity contribution is 0.0597. The van der Waals surface area contributed by atoms with E-state index in [-0.39, 0.29) is 17.3 Å². The second-order valence-electron chi connectivity index (χ2n) is 3.40. The summed E-state index contributed by atoms with van der Waals surface area (Å²) in [5.74, 6) is -0.395. The number of pyridine rings is 1. The smallest absolute Gasteiger partial charge is 0.343 e. The summed E-state index contributed by atoms with van der Waals surface area (Å²) in [5, 5.41) is 0. The average Bonchev–Trinajstić information content (AvgIpc) is 2.41. The van der Waals surface area contributed by atoms with Gasteiger partial charge in [0.1, 0.15) is 17.1 Å². The van der Waals surface area contributed by atoms with Gasteiger partial charge in [-0.05, 0) is 36.4 Å². The first-order chi connectivity index (χ1) is 8.70. The third-order valence-electron chi connectivity index (χ3n) is 2.20. The third kappa shape index (κ3) is 2.63. The normalized spacial score (nSPS) is 9.89. The van der Waals surface area contributed by atoms with Gasteiger partial charge in [0.2, 0.25) is 5.88 Å². The zero-order chi connectivity index (χ0) is 13.0. The lowest BCUT2D eigenvalue weighted by Crippen LogP contribution is -2.04. The number of methoxy groups -OCH3 is 1. The van der Waals surface area contributed by atoms with E-state index in [1.165, 1.54) is 43.6 Å². The summed E-state index contributed by atoms with van der Waals surface area (Å²) in [6.07, 6.45) is 1.49. The highest BCUT2D eigenvalue weighted by Gasteiger charge is 2.14. The van der Waals surface area contributed by atoms with Crippen molar-refractivity contribution in [2.75, 3.05) is 7.11 Å². The number of carbonyl (C=O) groups excluding carboxylic acids is 1. The predicted octanol–water partition coefficient (Wildman–Crippen LogP) is 2.80. The zero-order valence-electron chi connectivity index (χ0n) is 9.59. The Morgan fingerprint density at radius 3 is 2.61 bits per heavy atom. The highest BCUT2D eigenvalue weighted by atomic mass is 19.1. The predicted molar refractivity (Wildman–Crippen MR) is 62.1 cm³/mol. The molecule has 1 aromatic heterocycles. The average molecular weight is 247 g/mol. The number of hydrogen-bond acceptors (Lipinski definition) is 4. The van der Waals surface area contributed by atoms with Crippen LogP contribution in [-0.4, -0.2) is 18.1 Å². The van der Waals surface area contributed by atoms with Gasteiger partial charge in [-0.15, -0.1) is 0 Å². The van der Waals surface area contributed by atoms with E-state index < -0.39 is 5.97 Å². The van der Waals surface area contributed by atoms with Crippen LogP contribution in [0.5, 0.6) is 11.6 Å². The van der Waals surface area contributed by atoms with Crippen molar-refractivity contribution in [3.63, 3.8) is 0 Å². The number of ether oxygens (including phenoxy) is 2. The zero-order valence-corrected chi connectivity index (χ0v) is 9.59. The van der Waals surface area contributed by atoms with Crippen LogP contribution in [0.4, 0.5) is 4.39 Å². The summed E-state index contributed by atoms with van der Waals surface area (Å²) in [6, 6.07) is 8.56. The molecule has 5 heteroatoms. The monoisotopic (exact) mass is 247 g/mol. The SMILES string of the molecule is COC(=O)c1cccnc1Oc1ccc(F)cc1. The van der Waals surface area contributed by atoms with Crippen LogP contribution in [0.1, 0.15) is 10.4 Å². The highest BCUT2D eigenvalue weighted by molar-refractivity contribution is 5.91. The maximum absolute atomic E-state index is 12.7. The first-order valence-corrected chi connectivity index (χ1v) is 5.17. The number of aromatic nitrogens is 1. The van der Waals surface area contributed by atoms with Crippen LogP contribution in [0, 0.1) is 5.82 Å². The molecule has 0 amide bonds. The Morgan fingerprint density at radius 1 is 1.22 bits per heavy atom. The number of hydrogen-bond donors (Lipinski definition) is 0. The maximum Gasteiger partial charge on any atom is 0.343 e. The lowest BCUT2D eigenvalue weighted by atomic mass is 10.2. The van der Waals surface area contributed by atoms with Crippen LogP contribution in [0.3, 0.4) is 0 Å². The molecular weight excluding hydrogens is 237 g/mol. The van der Waals surface area contributed by atoms with Gasteiger partial charge >= 0.3 is 5.97 Å². The van der Waals surface area contributed by atoms with E-state index in [4.69, 9.17) is 4.74 Å². The molecule has 0 atom stereocenters. The van der Waals surface area contributed by atoms with Crippen molar-refractivity contribution in [2.24, 2.45) is 0 Å². The molecule has 0 radical (unpaired) electrons. The Hall–Kier alpha value is -2.43. The Labute approximate surface area is 103 Å². The van der Waals surface area contributed by atoms with Gasteiger partial charge in [-0.25, -0.2) is 14.2 Å². The van der Waals surface area contributed by atoms with E-state index in [0.29, 0.717) is 5.75 Å². The van der Waals surface area contributed by atoms with Crippen molar-refractivity contribution in [1.29, 1.82) is 0 Å². The molecule has 4 nitrogen and oxygen atoms in total. The summed E-state index contributed by atoms with van der Waals surface area (Å²) in [6.45, 7) is 0. The fourth-order valence-corrected chi connectivity index (χ4v) is 1.35. The van der Waals surface area contributed by atoms with Gasteiger partial charge in [0.15, 0.2) is 0 Å². The highest BCUT2D eigenvalue weighted by Crippen LogP contribution is 2.23. The Morgan fingerprint density at radius 2 is 1.94 bits per heavy atom. The van der Waals surface area contributed by atoms with E-state index in [2.05, 4.69) is 9.72 Å². The van der Waals surface area contributed by atoms with E-state index in [1.54, 1.807) is 6.07 Å². The summed E-state index contributed by atoms with van der Waals surface area (Å²) in [7, 11) is 1.27. The Kier molecular flexibility index (Phi) is 3.52. The van der Waals surface area contributed by atoms with Crippen molar-refractivity contribution in [3.05, 3.63) is 54.0 Å². The molecule has 0 aliphatic heterocycles. The fraction of sp³-hybridized carbons (Fsp3) is 0.0769. The van der Waals surface area contributed by atoms with E-state index >= 15 is 0 Å². The topological polar surface area (TPSA) is 48.4 Å². The minimum Gasteiger partial charge on any atom is -0.465 e. The summed E-state index contributed by atoms with van der Waals surface area (Å²) < 4.78 is 22.8. The van der Waals surface area contributed by atoms with Crippen molar-refractivity contribution in [2.45, 2.75) is 0 Å². The molecular formula is C13H10FNO3. The molecule has 0 saturated carbocycles. The summed E-state index contributed by atoms with van der Waals surface area (Å²) in [5.41, 5.74) is 0.212. The van der Waals surface area contributed by atoms with E-state index in [9.17, 15) is 9.18 Å². The van der Waals surface area contributed by atoms with Crippen molar-refractivity contribution in [1.82, 2.24) is 4.98 Å². The molecule has 0 spiro atoms. The molecule has 0 saturated heterocycles. The molecule has 0 fully saturated rings. The van der Waals surface area contributed by atoms with Gasteiger partial charge in [0.25, 0.3) is 0 Å². The minimum absolute atomic E-state index is 0.121. The number of esters is 1. The maximum atomic E-state index is 12.7. The van der Waals surface area contributed by atoms with Gasteiger partial charge in [0.05, 0.1) is 7.11 Å². The molecule has 0 aliphatic carbocycles. The second kappa shape index (κ2) is 5.27. The molecule has 0 unspecified atom stereocenters. The van der Waals surface area contributed by atoms with Gasteiger partial charge < -0.3 is 9.47 Å². The van der Waals surface area contributed by atoms with E-state index in [0.717, 1.165) is 0 Å². The number of benzene rings is 1. The molecule has 2 aromatic rings. The Bertz CT molecular complexity index is 554. The standard InChI is InChI=1S/C13H10FNO3/c1-17-13(16)11-3-2-8-15-12(11)18-10-6-4-9(14)5-7-10/h2-8H,1H3. The molecule has 92 valence electrons. The van der Waals surface area contributed by atoms with Crippen LogP contribution in [0.2, 0.25) is 0 Å². The molecule has 0 bridgehead atoms. The van der Waals surface area contributed by atoms with Gasteiger partial charge in [-0.2, -0.15) is 0 Å².